The number of carbonyl (C=O) groups is 1. The van der Waals surface area contributed by atoms with Crippen LogP contribution >= 0.6 is 0 Å². The van der Waals surface area contributed by atoms with Crippen molar-refractivity contribution in [2.75, 3.05) is 12.9 Å². The van der Waals surface area contributed by atoms with Crippen LogP contribution in [0.25, 0.3) is 0 Å². The lowest BCUT2D eigenvalue weighted by Crippen LogP contribution is -2.35. The third-order valence-electron chi connectivity index (χ3n) is 2.71. The number of hydrogen-bond donors (Lipinski definition) is 4. The van der Waals surface area contributed by atoms with E-state index in [0.717, 1.165) is 6.26 Å². The number of primary amides is 1. The molecule has 1 saturated heterocycles. The molecule has 0 bridgehead atoms. The van der Waals surface area contributed by atoms with Gasteiger partial charge in [-0.05, 0) is 12.1 Å². The average molecular weight is 350 g/mol. The molecule has 0 radical (unpaired) electrons. The van der Waals surface area contributed by atoms with Crippen molar-refractivity contribution < 1.29 is 37.5 Å². The number of aliphatic hydroxyl groups excluding tert-OH is 3. The number of pyridine rings is 1. The standard InChI is InChI=1S/C6H6N2O.C6H12O7S/c7-6(9)5-2-1-3-8-4-5;1-14(10,11)13-6-5(9)4(8)3(2-7)12-6/h1-4H,(H2,7,9);3-9H,2H2,1H3/t;3-,4-,5-,6?/m.1/s1. The Bertz CT molecular complexity index is 609. The van der Waals surface area contributed by atoms with Gasteiger partial charge in [0.25, 0.3) is 10.1 Å². The summed E-state index contributed by atoms with van der Waals surface area (Å²) in [6.45, 7) is -0.526. The lowest BCUT2D eigenvalue weighted by Gasteiger charge is -2.12. The molecule has 11 heteroatoms. The first-order chi connectivity index (χ1) is 10.7. The Morgan fingerprint density at radius 1 is 1.43 bits per heavy atom. The molecule has 23 heavy (non-hydrogen) atoms. The number of nitrogens with zero attached hydrogens (tertiary/aromatic N) is 1. The molecule has 130 valence electrons. The van der Waals surface area contributed by atoms with E-state index in [0.29, 0.717) is 5.56 Å². The van der Waals surface area contributed by atoms with Gasteiger partial charge in [0.2, 0.25) is 12.2 Å². The molecule has 1 aliphatic rings. The summed E-state index contributed by atoms with van der Waals surface area (Å²) in [5.41, 5.74) is 5.38. The molecule has 5 N–H and O–H groups in total. The first kappa shape index (κ1) is 19.4. The van der Waals surface area contributed by atoms with E-state index < -0.39 is 47.2 Å². The normalized spacial score (nSPS) is 27.1. The van der Waals surface area contributed by atoms with E-state index in [9.17, 15) is 23.4 Å². The number of carbonyl (C=O) groups excluding carboxylic acids is 1. The Morgan fingerprint density at radius 3 is 2.43 bits per heavy atom. The topological polar surface area (TPSA) is 169 Å². The lowest BCUT2D eigenvalue weighted by molar-refractivity contribution is -0.113. The highest BCUT2D eigenvalue weighted by atomic mass is 32.2. The number of aromatic nitrogens is 1. The summed E-state index contributed by atoms with van der Waals surface area (Å²) in [5, 5.41) is 27.1. The van der Waals surface area contributed by atoms with Crippen molar-refractivity contribution in [2.45, 2.75) is 24.6 Å². The van der Waals surface area contributed by atoms with Gasteiger partial charge < -0.3 is 25.8 Å². The van der Waals surface area contributed by atoms with Crippen molar-refractivity contribution in [1.29, 1.82) is 0 Å². The molecular weight excluding hydrogens is 332 g/mol. The van der Waals surface area contributed by atoms with E-state index in [1.54, 1.807) is 18.3 Å². The highest BCUT2D eigenvalue weighted by Gasteiger charge is 2.44. The fraction of sp³-hybridized carbons (Fsp3) is 0.500. The molecule has 4 atom stereocenters. The fourth-order valence-electron chi connectivity index (χ4n) is 1.63. The van der Waals surface area contributed by atoms with Crippen molar-refractivity contribution in [3.8, 4) is 0 Å². The van der Waals surface area contributed by atoms with Gasteiger partial charge in [-0.2, -0.15) is 8.42 Å². The lowest BCUT2D eigenvalue weighted by atomic mass is 10.1. The van der Waals surface area contributed by atoms with Gasteiger partial charge in [-0.1, -0.05) is 0 Å². The second kappa shape index (κ2) is 8.29. The predicted molar refractivity (Wildman–Crippen MR) is 76.4 cm³/mol. The van der Waals surface area contributed by atoms with Crippen LogP contribution in [-0.2, 0) is 19.0 Å². The summed E-state index contributed by atoms with van der Waals surface area (Å²) in [6, 6.07) is 3.29. The number of nitrogens with two attached hydrogens (primary N) is 1. The van der Waals surface area contributed by atoms with Crippen molar-refractivity contribution in [2.24, 2.45) is 5.73 Å². The van der Waals surface area contributed by atoms with E-state index in [1.165, 1.54) is 6.20 Å². The molecule has 1 aromatic rings. The minimum atomic E-state index is -3.77. The number of hydrogen-bond acceptors (Lipinski definition) is 9. The smallest absolute Gasteiger partial charge is 0.266 e. The van der Waals surface area contributed by atoms with Gasteiger partial charge in [0, 0.05) is 12.4 Å². The molecule has 2 rings (SSSR count). The van der Waals surface area contributed by atoms with Gasteiger partial charge in [0.05, 0.1) is 18.4 Å². The van der Waals surface area contributed by atoms with Crippen LogP contribution in [0.1, 0.15) is 10.4 Å². The molecule has 0 spiro atoms. The SMILES string of the molecule is CS(=O)(=O)OC1O[C@H](CO)[C@@H](O)[C@H]1O.NC(=O)c1cccnc1. The van der Waals surface area contributed by atoms with Crippen molar-refractivity contribution in [3.05, 3.63) is 30.1 Å². The van der Waals surface area contributed by atoms with Crippen molar-refractivity contribution in [3.63, 3.8) is 0 Å². The Morgan fingerprint density at radius 2 is 2.09 bits per heavy atom. The van der Waals surface area contributed by atoms with E-state index in [2.05, 4.69) is 9.17 Å². The third-order valence-corrected chi connectivity index (χ3v) is 3.25. The quantitative estimate of drug-likeness (QED) is 0.432. The zero-order chi connectivity index (χ0) is 17.6. The van der Waals surface area contributed by atoms with Crippen LogP contribution in [0, 0.1) is 0 Å². The highest BCUT2D eigenvalue weighted by Crippen LogP contribution is 2.22. The maximum atomic E-state index is 10.7. The molecule has 2 heterocycles. The monoisotopic (exact) mass is 350 g/mol. The maximum absolute atomic E-state index is 10.7. The van der Waals surface area contributed by atoms with E-state index >= 15 is 0 Å². The summed E-state index contributed by atoms with van der Waals surface area (Å²) in [4.78, 5) is 14.1. The van der Waals surface area contributed by atoms with Gasteiger partial charge in [-0.15, -0.1) is 0 Å². The average Bonchev–Trinajstić information content (AvgIpc) is 2.75. The maximum Gasteiger partial charge on any atom is 0.266 e. The first-order valence-electron chi connectivity index (χ1n) is 6.36. The molecule has 1 fully saturated rings. The molecule has 0 aliphatic carbocycles. The Balaban J connectivity index is 0.000000253. The van der Waals surface area contributed by atoms with Crippen LogP contribution in [0.3, 0.4) is 0 Å². The van der Waals surface area contributed by atoms with Gasteiger partial charge >= 0.3 is 0 Å². The van der Waals surface area contributed by atoms with E-state index in [1.807, 2.05) is 0 Å². The van der Waals surface area contributed by atoms with Gasteiger partial charge in [-0.25, -0.2) is 4.18 Å². The Hall–Kier alpha value is -1.63. The molecule has 1 aliphatic heterocycles. The summed E-state index contributed by atoms with van der Waals surface area (Å²) in [5.74, 6) is -0.442. The van der Waals surface area contributed by atoms with Crippen LogP contribution in [0.2, 0.25) is 0 Å². The second-order valence-electron chi connectivity index (χ2n) is 4.61. The summed E-state index contributed by atoms with van der Waals surface area (Å²) >= 11 is 0. The van der Waals surface area contributed by atoms with Crippen molar-refractivity contribution in [1.82, 2.24) is 4.98 Å². The van der Waals surface area contributed by atoms with Gasteiger partial charge in [0.15, 0.2) is 0 Å². The minimum absolute atomic E-state index is 0.442. The first-order valence-corrected chi connectivity index (χ1v) is 8.18. The van der Waals surface area contributed by atoms with Crippen LogP contribution < -0.4 is 5.73 Å². The molecule has 1 aromatic heterocycles. The largest absolute Gasteiger partial charge is 0.394 e. The predicted octanol–water partition coefficient (Wildman–Crippen LogP) is -2.42. The number of aliphatic hydroxyl groups is 3. The number of ether oxygens (including phenoxy) is 1. The van der Waals surface area contributed by atoms with Crippen LogP contribution in [0.5, 0.6) is 0 Å². The van der Waals surface area contributed by atoms with Crippen LogP contribution in [0.4, 0.5) is 0 Å². The third kappa shape index (κ3) is 6.17. The molecule has 10 nitrogen and oxygen atoms in total. The molecular formula is C12H18N2O8S. The van der Waals surface area contributed by atoms with Crippen LogP contribution in [0.15, 0.2) is 24.5 Å². The summed E-state index contributed by atoms with van der Waals surface area (Å²) in [6.07, 6.45) is -1.52. The van der Waals surface area contributed by atoms with E-state index in [-0.39, 0.29) is 0 Å². The zero-order valence-electron chi connectivity index (χ0n) is 12.1. The zero-order valence-corrected chi connectivity index (χ0v) is 13.0. The minimum Gasteiger partial charge on any atom is -0.394 e. The number of amides is 1. The van der Waals surface area contributed by atoms with Crippen LogP contribution in [-0.4, -0.2) is 72.1 Å². The second-order valence-corrected chi connectivity index (χ2v) is 6.21. The Kier molecular flexibility index (Phi) is 7.00. The van der Waals surface area contributed by atoms with Crippen molar-refractivity contribution >= 4 is 16.0 Å². The van der Waals surface area contributed by atoms with Gasteiger partial charge in [-0.3, -0.25) is 9.78 Å². The summed E-state index contributed by atoms with van der Waals surface area (Å²) < 4.78 is 30.5. The molecule has 0 aromatic carbocycles. The molecule has 1 amide bonds. The fourth-order valence-corrected chi connectivity index (χ4v) is 2.13. The number of rotatable bonds is 4. The summed E-state index contributed by atoms with van der Waals surface area (Å²) in [7, 11) is -3.77. The van der Waals surface area contributed by atoms with E-state index in [4.69, 9.17) is 15.6 Å². The highest BCUT2D eigenvalue weighted by molar-refractivity contribution is 7.86. The Labute approximate surface area is 132 Å². The molecule has 0 saturated carbocycles. The molecule has 1 unspecified atom stereocenters. The van der Waals surface area contributed by atoms with Gasteiger partial charge in [0.1, 0.15) is 18.3 Å².